The Hall–Kier alpha value is -0.500. The van der Waals surface area contributed by atoms with Crippen LogP contribution < -0.4 is 0 Å². The Morgan fingerprint density at radius 2 is 1.71 bits per heavy atom. The third-order valence-electron chi connectivity index (χ3n) is 13.5. The molecule has 3 saturated carbocycles. The van der Waals surface area contributed by atoms with Crippen molar-refractivity contribution in [2.24, 2.45) is 52.3 Å². The highest BCUT2D eigenvalue weighted by Crippen LogP contribution is 2.67. The maximum atomic E-state index is 10.5. The molecule has 1 heterocycles. The lowest BCUT2D eigenvalue weighted by molar-refractivity contribution is -0.313. The lowest BCUT2D eigenvalue weighted by atomic mass is 9.47. The maximum absolute atomic E-state index is 10.5. The molecule has 0 amide bonds. The molecule has 5 aliphatic rings. The molecule has 4 fully saturated rings. The van der Waals surface area contributed by atoms with Crippen LogP contribution in [0.25, 0.3) is 0 Å². The second kappa shape index (κ2) is 12.5. The molecule has 0 radical (unpaired) electrons. The molecule has 6 heteroatoms. The summed E-state index contributed by atoms with van der Waals surface area (Å²) in [5.41, 5.74) is 2.19. The SMILES string of the molecule is CCC(CCC(C)C1CCC2C3CC=C4C[C@@H](O[C@@H]5O[C@H](CO)[C@@H](O)[C@H](O)[C@H]5O)CC[C@]4(C)C3CC[C@]12C)C(C)C. The highest BCUT2D eigenvalue weighted by molar-refractivity contribution is 5.25. The topological polar surface area (TPSA) is 99.4 Å². The monoisotopic (exact) mass is 576 g/mol. The molecule has 41 heavy (non-hydrogen) atoms. The molecule has 14 atom stereocenters. The van der Waals surface area contributed by atoms with Gasteiger partial charge in [0.05, 0.1) is 12.7 Å². The molecule has 4 N–H and O–H groups in total. The smallest absolute Gasteiger partial charge is 0.186 e. The van der Waals surface area contributed by atoms with Gasteiger partial charge in [0, 0.05) is 0 Å². The van der Waals surface area contributed by atoms with E-state index in [4.69, 9.17) is 9.47 Å². The predicted molar refractivity (Wildman–Crippen MR) is 161 cm³/mol. The van der Waals surface area contributed by atoms with Gasteiger partial charge in [-0.15, -0.1) is 0 Å². The van der Waals surface area contributed by atoms with Gasteiger partial charge in [-0.25, -0.2) is 0 Å². The third-order valence-corrected chi connectivity index (χ3v) is 13.5. The third kappa shape index (κ3) is 5.73. The molecule has 236 valence electrons. The maximum Gasteiger partial charge on any atom is 0.186 e. The van der Waals surface area contributed by atoms with E-state index in [2.05, 4.69) is 47.6 Å². The van der Waals surface area contributed by atoms with Gasteiger partial charge in [-0.3, -0.25) is 0 Å². The molecular weight excluding hydrogens is 516 g/mol. The van der Waals surface area contributed by atoms with Gasteiger partial charge < -0.3 is 29.9 Å². The molecule has 4 aliphatic carbocycles. The first-order valence-electron chi connectivity index (χ1n) is 17.1. The van der Waals surface area contributed by atoms with Gasteiger partial charge in [-0.1, -0.05) is 66.0 Å². The van der Waals surface area contributed by atoms with E-state index < -0.39 is 37.3 Å². The van der Waals surface area contributed by atoms with Crippen molar-refractivity contribution in [2.45, 2.75) is 149 Å². The van der Waals surface area contributed by atoms with E-state index in [1.165, 1.54) is 56.9 Å². The minimum absolute atomic E-state index is 0.101. The minimum atomic E-state index is -1.40. The Balaban J connectivity index is 1.24. The number of aliphatic hydroxyl groups is 4. The number of hydrogen-bond donors (Lipinski definition) is 4. The second-order valence-corrected chi connectivity index (χ2v) is 15.7. The molecule has 6 nitrogen and oxygen atoms in total. The summed E-state index contributed by atoms with van der Waals surface area (Å²) in [7, 11) is 0. The standard InChI is InChI=1S/C35H60O6/c1-7-22(20(2)3)9-8-21(4)26-12-13-27-25-11-10-23-18-24(14-16-34(23,5)28(25)15-17-35(26,27)6)40-33-32(39)31(38)30(37)29(19-36)41-33/h10,20-22,24-33,36-39H,7-9,11-19H2,1-6H3/t21?,22?,24-,25?,26?,27?,28?,29+,30+,31-,32+,33+,34-,35+/m0/s1. The molecule has 1 aliphatic heterocycles. The first-order valence-corrected chi connectivity index (χ1v) is 17.1. The molecule has 5 rings (SSSR count). The van der Waals surface area contributed by atoms with Crippen LogP contribution in [0.1, 0.15) is 112 Å². The average Bonchev–Trinajstić information content (AvgIpc) is 3.30. The van der Waals surface area contributed by atoms with Crippen LogP contribution in [-0.2, 0) is 9.47 Å². The van der Waals surface area contributed by atoms with Gasteiger partial charge in [0.2, 0.25) is 0 Å². The number of ether oxygens (including phenoxy) is 2. The Morgan fingerprint density at radius 3 is 2.39 bits per heavy atom. The number of fused-ring (bicyclic) bond motifs is 5. The van der Waals surface area contributed by atoms with E-state index in [0.717, 1.165) is 60.7 Å². The van der Waals surface area contributed by atoms with Crippen LogP contribution in [0.5, 0.6) is 0 Å². The lowest BCUT2D eigenvalue weighted by Gasteiger charge is -2.58. The Bertz CT molecular complexity index is 918. The Morgan fingerprint density at radius 1 is 0.951 bits per heavy atom. The van der Waals surface area contributed by atoms with E-state index in [1.54, 1.807) is 0 Å². The summed E-state index contributed by atoms with van der Waals surface area (Å²) in [5.74, 6) is 5.66. The molecule has 0 aromatic carbocycles. The van der Waals surface area contributed by atoms with Gasteiger partial charge in [-0.05, 0) is 110 Å². The first kappa shape index (κ1) is 31.9. The molecule has 0 bridgehead atoms. The van der Waals surface area contributed by atoms with Crippen molar-refractivity contribution in [1.82, 2.24) is 0 Å². The number of aliphatic hydroxyl groups excluding tert-OH is 4. The van der Waals surface area contributed by atoms with E-state index in [-0.39, 0.29) is 11.5 Å². The van der Waals surface area contributed by atoms with Gasteiger partial charge in [-0.2, -0.15) is 0 Å². The van der Waals surface area contributed by atoms with Crippen LogP contribution >= 0.6 is 0 Å². The zero-order valence-electron chi connectivity index (χ0n) is 26.7. The highest BCUT2D eigenvalue weighted by Gasteiger charge is 2.59. The van der Waals surface area contributed by atoms with Crippen LogP contribution in [0.15, 0.2) is 11.6 Å². The van der Waals surface area contributed by atoms with Gasteiger partial charge in [0.15, 0.2) is 6.29 Å². The summed E-state index contributed by atoms with van der Waals surface area (Å²) in [6.45, 7) is 14.5. The van der Waals surface area contributed by atoms with E-state index in [0.29, 0.717) is 5.41 Å². The van der Waals surface area contributed by atoms with Gasteiger partial charge in [0.25, 0.3) is 0 Å². The van der Waals surface area contributed by atoms with Crippen molar-refractivity contribution in [3.8, 4) is 0 Å². The van der Waals surface area contributed by atoms with Crippen molar-refractivity contribution < 1.29 is 29.9 Å². The second-order valence-electron chi connectivity index (χ2n) is 15.7. The van der Waals surface area contributed by atoms with E-state index in [9.17, 15) is 20.4 Å². The fraction of sp³-hybridized carbons (Fsp3) is 0.943. The highest BCUT2D eigenvalue weighted by atomic mass is 16.7. The zero-order chi connectivity index (χ0) is 29.7. The quantitative estimate of drug-likeness (QED) is 0.257. The van der Waals surface area contributed by atoms with Gasteiger partial charge in [0.1, 0.15) is 24.4 Å². The van der Waals surface area contributed by atoms with Gasteiger partial charge >= 0.3 is 0 Å². The van der Waals surface area contributed by atoms with E-state index in [1.807, 2.05) is 0 Å². The molecule has 0 aromatic heterocycles. The molecule has 0 aromatic rings. The minimum Gasteiger partial charge on any atom is -0.394 e. The fourth-order valence-corrected chi connectivity index (χ4v) is 10.8. The summed E-state index contributed by atoms with van der Waals surface area (Å²) in [6, 6.07) is 0. The Kier molecular flexibility index (Phi) is 9.71. The van der Waals surface area contributed by atoms with Crippen molar-refractivity contribution in [3.63, 3.8) is 0 Å². The van der Waals surface area contributed by atoms with Crippen molar-refractivity contribution >= 4 is 0 Å². The summed E-state index contributed by atoms with van der Waals surface area (Å²) in [4.78, 5) is 0. The van der Waals surface area contributed by atoms with Crippen molar-refractivity contribution in [3.05, 3.63) is 11.6 Å². The summed E-state index contributed by atoms with van der Waals surface area (Å²) < 4.78 is 11.9. The van der Waals surface area contributed by atoms with Crippen molar-refractivity contribution in [2.75, 3.05) is 6.61 Å². The Labute approximate surface area is 249 Å². The normalized spacial score (nSPS) is 47.7. The fourth-order valence-electron chi connectivity index (χ4n) is 10.8. The number of hydrogen-bond acceptors (Lipinski definition) is 6. The summed E-state index contributed by atoms with van der Waals surface area (Å²) in [6.07, 6.45) is 9.92. The number of rotatable bonds is 9. The van der Waals surface area contributed by atoms with Crippen LogP contribution in [0.3, 0.4) is 0 Å². The average molecular weight is 577 g/mol. The molecule has 6 unspecified atom stereocenters. The summed E-state index contributed by atoms with van der Waals surface area (Å²) in [5, 5.41) is 40.4. The van der Waals surface area contributed by atoms with E-state index >= 15 is 0 Å². The zero-order valence-corrected chi connectivity index (χ0v) is 26.7. The van der Waals surface area contributed by atoms with Crippen LogP contribution in [-0.4, -0.2) is 63.8 Å². The largest absolute Gasteiger partial charge is 0.394 e. The first-order chi connectivity index (χ1) is 19.4. The van der Waals surface area contributed by atoms with Crippen LogP contribution in [0.4, 0.5) is 0 Å². The predicted octanol–water partition coefficient (Wildman–Crippen LogP) is 5.85. The van der Waals surface area contributed by atoms with Crippen LogP contribution in [0, 0.1) is 52.3 Å². The lowest BCUT2D eigenvalue weighted by Crippen LogP contribution is -2.60. The van der Waals surface area contributed by atoms with Crippen LogP contribution in [0.2, 0.25) is 0 Å². The molecule has 1 saturated heterocycles. The molecular formula is C35H60O6. The molecule has 0 spiro atoms. The number of allylic oxidation sites excluding steroid dienone is 1. The summed E-state index contributed by atoms with van der Waals surface area (Å²) >= 11 is 0. The van der Waals surface area contributed by atoms with Crippen molar-refractivity contribution in [1.29, 1.82) is 0 Å².